The largest absolute Gasteiger partial charge is 0.325 e. The van der Waals surface area contributed by atoms with E-state index in [2.05, 4.69) is 10.6 Å². The van der Waals surface area contributed by atoms with E-state index in [4.69, 9.17) is 0 Å². The number of benzene rings is 2. The van der Waals surface area contributed by atoms with E-state index in [1.54, 1.807) is 12.1 Å². The summed E-state index contributed by atoms with van der Waals surface area (Å²) in [6.45, 7) is 0.934. The lowest BCUT2D eigenvalue weighted by molar-refractivity contribution is -0.115. The van der Waals surface area contributed by atoms with Crippen LogP contribution in [0, 0.1) is 5.82 Å². The third kappa shape index (κ3) is 4.82. The monoisotopic (exact) mass is 272 g/mol. The molecule has 0 fully saturated rings. The van der Waals surface area contributed by atoms with Gasteiger partial charge in [0, 0.05) is 5.69 Å². The lowest BCUT2D eigenvalue weighted by Gasteiger charge is -2.06. The van der Waals surface area contributed by atoms with E-state index in [-0.39, 0.29) is 18.3 Å². The maximum Gasteiger partial charge on any atom is 0.238 e. The van der Waals surface area contributed by atoms with Gasteiger partial charge in [-0.25, -0.2) is 4.39 Å². The van der Waals surface area contributed by atoms with Crippen LogP contribution < -0.4 is 10.6 Å². The smallest absolute Gasteiger partial charge is 0.238 e. The van der Waals surface area contributed by atoms with Crippen LogP contribution in [0.5, 0.6) is 0 Å². The maximum absolute atomic E-state index is 12.7. The molecule has 1 amide bonds. The summed E-state index contributed by atoms with van der Waals surface area (Å²) in [6.07, 6.45) is 0.763. The van der Waals surface area contributed by atoms with Crippen molar-refractivity contribution in [1.29, 1.82) is 0 Å². The number of hydrogen-bond donors (Lipinski definition) is 2. The van der Waals surface area contributed by atoms with Gasteiger partial charge in [0.15, 0.2) is 0 Å². The Morgan fingerprint density at radius 2 is 1.70 bits per heavy atom. The van der Waals surface area contributed by atoms with E-state index in [9.17, 15) is 9.18 Å². The Morgan fingerprint density at radius 1 is 1.00 bits per heavy atom. The molecule has 3 nitrogen and oxygen atoms in total. The number of amides is 1. The van der Waals surface area contributed by atoms with Gasteiger partial charge in [0.1, 0.15) is 5.82 Å². The molecule has 0 aliphatic carbocycles. The van der Waals surface area contributed by atoms with Crippen molar-refractivity contribution in [3.8, 4) is 0 Å². The van der Waals surface area contributed by atoms with Gasteiger partial charge in [-0.2, -0.15) is 0 Å². The van der Waals surface area contributed by atoms with Gasteiger partial charge in [0.05, 0.1) is 6.54 Å². The molecule has 0 unspecified atom stereocenters. The van der Waals surface area contributed by atoms with Crippen LogP contribution >= 0.6 is 0 Å². The van der Waals surface area contributed by atoms with E-state index in [0.29, 0.717) is 6.54 Å². The number of carbonyl (C=O) groups is 1. The fourth-order valence-electron chi connectivity index (χ4n) is 1.81. The van der Waals surface area contributed by atoms with Crippen molar-refractivity contribution >= 4 is 11.6 Å². The molecule has 0 spiro atoms. The number of rotatable bonds is 6. The highest BCUT2D eigenvalue weighted by atomic mass is 19.1. The summed E-state index contributed by atoms with van der Waals surface area (Å²) < 4.78 is 12.7. The second-order valence-corrected chi connectivity index (χ2v) is 4.47. The molecule has 0 bridgehead atoms. The molecule has 0 aromatic heterocycles. The van der Waals surface area contributed by atoms with Gasteiger partial charge < -0.3 is 10.6 Å². The van der Waals surface area contributed by atoms with Crippen LogP contribution in [0.3, 0.4) is 0 Å². The highest BCUT2D eigenvalue weighted by molar-refractivity contribution is 5.92. The topological polar surface area (TPSA) is 41.1 Å². The molecule has 4 heteroatoms. The minimum atomic E-state index is -0.232. The van der Waals surface area contributed by atoms with E-state index in [0.717, 1.165) is 17.7 Å². The van der Waals surface area contributed by atoms with Crippen LogP contribution in [0.2, 0.25) is 0 Å². The van der Waals surface area contributed by atoms with Crippen LogP contribution in [0.1, 0.15) is 5.56 Å². The van der Waals surface area contributed by atoms with Gasteiger partial charge in [-0.3, -0.25) is 4.79 Å². The molecule has 0 heterocycles. The molecule has 20 heavy (non-hydrogen) atoms. The fraction of sp³-hybridized carbons (Fsp3) is 0.188. The lowest BCUT2D eigenvalue weighted by atomic mass is 10.1. The van der Waals surface area contributed by atoms with E-state index in [1.807, 2.05) is 30.3 Å². The normalized spacial score (nSPS) is 10.2. The SMILES string of the molecule is O=C(CNCCc1ccc(F)cc1)Nc1ccccc1. The van der Waals surface area contributed by atoms with Crippen molar-refractivity contribution in [1.82, 2.24) is 5.32 Å². The van der Waals surface area contributed by atoms with E-state index < -0.39 is 0 Å². The molecular formula is C16H17FN2O. The molecular weight excluding hydrogens is 255 g/mol. The first kappa shape index (κ1) is 14.2. The highest BCUT2D eigenvalue weighted by Crippen LogP contribution is 2.04. The third-order valence-electron chi connectivity index (χ3n) is 2.85. The van der Waals surface area contributed by atoms with Crippen LogP contribution in [0.15, 0.2) is 54.6 Å². The Kier molecular flexibility index (Phi) is 5.26. The Hall–Kier alpha value is -2.20. The number of hydrogen-bond acceptors (Lipinski definition) is 2. The van der Waals surface area contributed by atoms with Crippen molar-refractivity contribution in [3.05, 3.63) is 66.0 Å². The maximum atomic E-state index is 12.7. The Balaban J connectivity index is 1.66. The van der Waals surface area contributed by atoms with E-state index in [1.165, 1.54) is 12.1 Å². The molecule has 0 atom stereocenters. The average molecular weight is 272 g/mol. The predicted molar refractivity (Wildman–Crippen MR) is 78.0 cm³/mol. The molecule has 0 aliphatic rings. The van der Waals surface area contributed by atoms with Gasteiger partial charge in [0.2, 0.25) is 5.91 Å². The zero-order chi connectivity index (χ0) is 14.2. The molecule has 0 radical (unpaired) electrons. The molecule has 2 N–H and O–H groups in total. The van der Waals surface area contributed by atoms with Crippen molar-refractivity contribution in [2.45, 2.75) is 6.42 Å². The summed E-state index contributed by atoms with van der Waals surface area (Å²) in [6, 6.07) is 15.7. The second kappa shape index (κ2) is 7.40. The summed E-state index contributed by atoms with van der Waals surface area (Å²) in [4.78, 5) is 11.6. The van der Waals surface area contributed by atoms with E-state index >= 15 is 0 Å². The Bertz CT molecular complexity index is 540. The molecule has 2 aromatic carbocycles. The number of carbonyl (C=O) groups excluding carboxylic acids is 1. The first-order valence-electron chi connectivity index (χ1n) is 6.54. The fourth-order valence-corrected chi connectivity index (χ4v) is 1.81. The molecule has 0 aliphatic heterocycles. The minimum absolute atomic E-state index is 0.0738. The van der Waals surface area contributed by atoms with Gasteiger partial charge in [0.25, 0.3) is 0 Å². The van der Waals surface area contributed by atoms with Crippen LogP contribution in [-0.2, 0) is 11.2 Å². The molecule has 0 saturated carbocycles. The quantitative estimate of drug-likeness (QED) is 0.794. The van der Waals surface area contributed by atoms with Crippen LogP contribution in [-0.4, -0.2) is 19.0 Å². The predicted octanol–water partition coefficient (Wildman–Crippen LogP) is 2.60. The zero-order valence-corrected chi connectivity index (χ0v) is 11.1. The Labute approximate surface area is 117 Å². The third-order valence-corrected chi connectivity index (χ3v) is 2.85. The number of nitrogens with one attached hydrogen (secondary N) is 2. The lowest BCUT2D eigenvalue weighted by Crippen LogP contribution is -2.29. The van der Waals surface area contributed by atoms with Gasteiger partial charge in [-0.05, 0) is 42.8 Å². The van der Waals surface area contributed by atoms with Crippen molar-refractivity contribution in [3.63, 3.8) is 0 Å². The summed E-state index contributed by atoms with van der Waals surface area (Å²) in [5.41, 5.74) is 1.83. The molecule has 0 saturated heterocycles. The average Bonchev–Trinajstić information content (AvgIpc) is 2.46. The summed E-state index contributed by atoms with van der Waals surface area (Å²) >= 11 is 0. The Morgan fingerprint density at radius 3 is 2.40 bits per heavy atom. The second-order valence-electron chi connectivity index (χ2n) is 4.47. The molecule has 2 rings (SSSR count). The summed E-state index contributed by atoms with van der Waals surface area (Å²) in [5, 5.41) is 5.86. The number of para-hydroxylation sites is 1. The zero-order valence-electron chi connectivity index (χ0n) is 11.1. The van der Waals surface area contributed by atoms with Crippen molar-refractivity contribution in [2.24, 2.45) is 0 Å². The van der Waals surface area contributed by atoms with Crippen LogP contribution in [0.4, 0.5) is 10.1 Å². The number of halogens is 1. The number of anilines is 1. The summed E-state index contributed by atoms with van der Waals surface area (Å²) in [5.74, 6) is -0.306. The summed E-state index contributed by atoms with van der Waals surface area (Å²) in [7, 11) is 0. The molecule has 104 valence electrons. The minimum Gasteiger partial charge on any atom is -0.325 e. The first-order valence-corrected chi connectivity index (χ1v) is 6.54. The van der Waals surface area contributed by atoms with Crippen molar-refractivity contribution < 1.29 is 9.18 Å². The first-order chi connectivity index (χ1) is 9.74. The molecule has 2 aromatic rings. The standard InChI is InChI=1S/C16H17FN2O/c17-14-8-6-13(7-9-14)10-11-18-12-16(20)19-15-4-2-1-3-5-15/h1-9,18H,10-12H2,(H,19,20). The highest BCUT2D eigenvalue weighted by Gasteiger charge is 2.01. The van der Waals surface area contributed by atoms with Gasteiger partial charge in [-0.15, -0.1) is 0 Å². The van der Waals surface area contributed by atoms with Crippen LogP contribution in [0.25, 0.3) is 0 Å². The van der Waals surface area contributed by atoms with Gasteiger partial charge >= 0.3 is 0 Å². The van der Waals surface area contributed by atoms with Gasteiger partial charge in [-0.1, -0.05) is 30.3 Å². The van der Waals surface area contributed by atoms with Crippen molar-refractivity contribution in [2.75, 3.05) is 18.4 Å².